The molecule has 6 nitrogen and oxygen atoms in total. The third-order valence-corrected chi connectivity index (χ3v) is 6.91. The maximum absolute atomic E-state index is 11.6. The van der Waals surface area contributed by atoms with E-state index in [1.807, 2.05) is 26.0 Å². The number of furan rings is 1. The lowest BCUT2D eigenvalue weighted by molar-refractivity contribution is -0.144. The van der Waals surface area contributed by atoms with Gasteiger partial charge in [0.05, 0.1) is 18.3 Å². The quantitative estimate of drug-likeness (QED) is 0.311. The summed E-state index contributed by atoms with van der Waals surface area (Å²) in [5.74, 6) is -0.352. The molecule has 0 amide bonds. The zero-order chi connectivity index (χ0) is 25.3. The van der Waals surface area contributed by atoms with Gasteiger partial charge in [0, 0.05) is 25.7 Å². The van der Waals surface area contributed by atoms with E-state index in [1.165, 1.54) is 5.56 Å². The number of rotatable bonds is 15. The number of aliphatic hydroxyl groups excluding tert-OH is 1. The van der Waals surface area contributed by atoms with E-state index < -0.39 is 24.0 Å². The molecule has 0 aliphatic heterocycles. The van der Waals surface area contributed by atoms with Gasteiger partial charge >= 0.3 is 5.97 Å². The van der Waals surface area contributed by atoms with Crippen molar-refractivity contribution >= 4 is 5.97 Å². The molecular formula is C28H43NO5. The fourth-order valence-electron chi connectivity index (χ4n) is 4.81. The SMILES string of the molecule is COCCCc1cccc(C(c2ccco2)[C@@H](C[C@H](N)[C@@H](O)C[C@H](C(=O)O)C(C)C)C(C)C)c1. The summed E-state index contributed by atoms with van der Waals surface area (Å²) in [4.78, 5) is 11.6. The van der Waals surface area contributed by atoms with E-state index in [0.717, 1.165) is 30.8 Å². The second kappa shape index (κ2) is 13.7. The number of aryl methyl sites for hydroxylation is 1. The van der Waals surface area contributed by atoms with Crippen LogP contribution in [0.5, 0.6) is 0 Å². The molecule has 34 heavy (non-hydrogen) atoms. The number of ether oxygens (including phenoxy) is 1. The molecule has 1 unspecified atom stereocenters. The summed E-state index contributed by atoms with van der Waals surface area (Å²) in [6.07, 6.45) is 3.40. The van der Waals surface area contributed by atoms with E-state index in [1.54, 1.807) is 13.4 Å². The zero-order valence-corrected chi connectivity index (χ0v) is 21.3. The van der Waals surface area contributed by atoms with Gasteiger partial charge in [-0.2, -0.15) is 0 Å². The summed E-state index contributed by atoms with van der Waals surface area (Å²) in [5.41, 5.74) is 8.91. The summed E-state index contributed by atoms with van der Waals surface area (Å²) in [6, 6.07) is 11.9. The molecule has 1 heterocycles. The molecule has 0 saturated carbocycles. The number of hydrogen-bond donors (Lipinski definition) is 3. The van der Waals surface area contributed by atoms with E-state index >= 15 is 0 Å². The van der Waals surface area contributed by atoms with E-state index in [0.29, 0.717) is 6.42 Å². The maximum atomic E-state index is 11.6. The van der Waals surface area contributed by atoms with Crippen molar-refractivity contribution in [2.24, 2.45) is 29.4 Å². The van der Waals surface area contributed by atoms with Gasteiger partial charge < -0.3 is 25.1 Å². The molecule has 0 saturated heterocycles. The van der Waals surface area contributed by atoms with Crippen molar-refractivity contribution in [3.8, 4) is 0 Å². The van der Waals surface area contributed by atoms with E-state index in [2.05, 4.69) is 38.1 Å². The van der Waals surface area contributed by atoms with Crippen LogP contribution in [0.2, 0.25) is 0 Å². The standard InChI is InChI=1S/C28H43NO5/c1-18(2)22(16-24(29)25(30)17-23(19(3)4)28(31)32)27(26-12-8-14-34-26)21-11-6-9-20(15-21)10-7-13-33-5/h6,8-9,11-12,14-15,18-19,22-25,27,30H,7,10,13,16-17,29H2,1-5H3,(H,31,32)/t22-,23-,24-,25-,27?/m0/s1. The summed E-state index contributed by atoms with van der Waals surface area (Å²) in [6.45, 7) is 8.77. The highest BCUT2D eigenvalue weighted by atomic mass is 16.5. The van der Waals surface area contributed by atoms with Crippen LogP contribution in [0, 0.1) is 23.7 Å². The molecule has 2 aromatic rings. The third kappa shape index (κ3) is 7.97. The fourth-order valence-corrected chi connectivity index (χ4v) is 4.81. The predicted octanol–water partition coefficient (Wildman–Crippen LogP) is 5.09. The molecule has 1 aromatic carbocycles. The van der Waals surface area contributed by atoms with Gasteiger partial charge in [-0.3, -0.25) is 4.79 Å². The summed E-state index contributed by atoms with van der Waals surface area (Å²) in [5, 5.41) is 20.4. The molecule has 190 valence electrons. The lowest BCUT2D eigenvalue weighted by atomic mass is 9.73. The normalized spacial score (nSPS) is 16.4. The number of aliphatic carboxylic acids is 1. The number of carbonyl (C=O) groups is 1. The minimum atomic E-state index is -0.889. The van der Waals surface area contributed by atoms with Crippen LogP contribution in [-0.2, 0) is 16.0 Å². The Bertz CT molecular complexity index is 848. The zero-order valence-electron chi connectivity index (χ0n) is 21.3. The maximum Gasteiger partial charge on any atom is 0.306 e. The molecule has 4 N–H and O–H groups in total. The van der Waals surface area contributed by atoms with Gasteiger partial charge in [0.2, 0.25) is 0 Å². The first-order valence-corrected chi connectivity index (χ1v) is 12.4. The third-order valence-electron chi connectivity index (χ3n) is 6.91. The van der Waals surface area contributed by atoms with E-state index in [9.17, 15) is 15.0 Å². The lowest BCUT2D eigenvalue weighted by Crippen LogP contribution is -2.41. The van der Waals surface area contributed by atoms with Gasteiger partial charge in [0.15, 0.2) is 0 Å². The molecule has 0 aliphatic rings. The predicted molar refractivity (Wildman–Crippen MR) is 135 cm³/mol. The second-order valence-corrected chi connectivity index (χ2v) is 10.1. The van der Waals surface area contributed by atoms with Crippen LogP contribution in [0.4, 0.5) is 0 Å². The van der Waals surface area contributed by atoms with Crippen LogP contribution >= 0.6 is 0 Å². The minimum Gasteiger partial charge on any atom is -0.481 e. The van der Waals surface area contributed by atoms with Crippen molar-refractivity contribution < 1.29 is 24.2 Å². The number of nitrogens with two attached hydrogens (primary N) is 1. The Morgan fingerprint density at radius 1 is 1.09 bits per heavy atom. The number of methoxy groups -OCH3 is 1. The first-order chi connectivity index (χ1) is 16.1. The van der Waals surface area contributed by atoms with Gasteiger partial charge in [-0.25, -0.2) is 0 Å². The van der Waals surface area contributed by atoms with Crippen molar-refractivity contribution in [3.05, 3.63) is 59.5 Å². The minimum absolute atomic E-state index is 0.0176. The van der Waals surface area contributed by atoms with Crippen LogP contribution in [0.25, 0.3) is 0 Å². The highest BCUT2D eigenvalue weighted by molar-refractivity contribution is 5.70. The number of hydrogen-bond acceptors (Lipinski definition) is 5. The van der Waals surface area contributed by atoms with Gasteiger partial charge in [0.1, 0.15) is 5.76 Å². The van der Waals surface area contributed by atoms with Crippen molar-refractivity contribution in [2.45, 2.75) is 71.4 Å². The Morgan fingerprint density at radius 2 is 1.82 bits per heavy atom. The molecule has 0 radical (unpaired) electrons. The summed E-state index contributed by atoms with van der Waals surface area (Å²) >= 11 is 0. The highest BCUT2D eigenvalue weighted by Crippen LogP contribution is 2.40. The van der Waals surface area contributed by atoms with Crippen LogP contribution in [0.3, 0.4) is 0 Å². The number of benzene rings is 1. The Morgan fingerprint density at radius 3 is 2.38 bits per heavy atom. The molecule has 0 aliphatic carbocycles. The molecule has 2 rings (SSSR count). The molecule has 6 heteroatoms. The number of aliphatic hydroxyl groups is 1. The molecule has 0 fully saturated rings. The van der Waals surface area contributed by atoms with Crippen LogP contribution in [-0.4, -0.2) is 42.0 Å². The Balaban J connectivity index is 2.29. The first-order valence-electron chi connectivity index (χ1n) is 12.4. The molecule has 0 bridgehead atoms. The lowest BCUT2D eigenvalue weighted by Gasteiger charge is -2.34. The average Bonchev–Trinajstić information content (AvgIpc) is 3.31. The summed E-state index contributed by atoms with van der Waals surface area (Å²) in [7, 11) is 1.72. The van der Waals surface area contributed by atoms with Gasteiger partial charge in [-0.05, 0) is 66.7 Å². The van der Waals surface area contributed by atoms with Gasteiger partial charge in [-0.15, -0.1) is 0 Å². The molecular weight excluding hydrogens is 430 g/mol. The fraction of sp³-hybridized carbons (Fsp3) is 0.607. The van der Waals surface area contributed by atoms with Crippen LogP contribution in [0.1, 0.15) is 69.8 Å². The number of carboxylic acid groups (broad SMARTS) is 1. The Kier molecular flexibility index (Phi) is 11.3. The highest BCUT2D eigenvalue weighted by Gasteiger charge is 2.34. The van der Waals surface area contributed by atoms with Crippen LogP contribution in [0.15, 0.2) is 47.1 Å². The van der Waals surface area contributed by atoms with E-state index in [4.69, 9.17) is 14.9 Å². The first kappa shape index (κ1) is 28.1. The van der Waals surface area contributed by atoms with Gasteiger partial charge in [0.25, 0.3) is 0 Å². The Hall–Kier alpha value is -2.15. The molecule has 0 spiro atoms. The second-order valence-electron chi connectivity index (χ2n) is 10.1. The van der Waals surface area contributed by atoms with Gasteiger partial charge in [-0.1, -0.05) is 52.0 Å². The van der Waals surface area contributed by atoms with Crippen LogP contribution < -0.4 is 5.73 Å². The molecule has 1 aromatic heterocycles. The van der Waals surface area contributed by atoms with Crippen molar-refractivity contribution in [1.82, 2.24) is 0 Å². The monoisotopic (exact) mass is 473 g/mol. The average molecular weight is 474 g/mol. The smallest absolute Gasteiger partial charge is 0.306 e. The largest absolute Gasteiger partial charge is 0.481 e. The topological polar surface area (TPSA) is 106 Å². The number of carboxylic acids is 1. The van der Waals surface area contributed by atoms with Crippen molar-refractivity contribution in [1.29, 1.82) is 0 Å². The van der Waals surface area contributed by atoms with Crippen molar-refractivity contribution in [3.63, 3.8) is 0 Å². The van der Waals surface area contributed by atoms with E-state index in [-0.39, 0.29) is 30.1 Å². The van der Waals surface area contributed by atoms with Crippen molar-refractivity contribution in [2.75, 3.05) is 13.7 Å². The molecule has 5 atom stereocenters. The Labute approximate surface area is 204 Å². The summed E-state index contributed by atoms with van der Waals surface area (Å²) < 4.78 is 11.1.